The van der Waals surface area contributed by atoms with Crippen molar-refractivity contribution in [1.29, 1.82) is 0 Å². The van der Waals surface area contributed by atoms with Crippen molar-refractivity contribution in [2.45, 2.75) is 27.6 Å². The standard InChI is InChI=1S/C19H26N4S3/c1-23-11-13-25-19(23)22-15-4-8-17(9-5-15)26-16-6-2-14(3-7-16)21-18-20-10-12-24-18/h2-6,8-9,16,18-22H,7,10-13H2,1H3. The fourth-order valence-corrected chi connectivity index (χ4v) is 6.23. The van der Waals surface area contributed by atoms with E-state index in [9.17, 15) is 0 Å². The predicted octanol–water partition coefficient (Wildman–Crippen LogP) is 3.57. The zero-order valence-electron chi connectivity index (χ0n) is 15.0. The average molecular weight is 407 g/mol. The van der Waals surface area contributed by atoms with Crippen LogP contribution in [0.25, 0.3) is 0 Å². The van der Waals surface area contributed by atoms with Crippen molar-refractivity contribution in [2.24, 2.45) is 0 Å². The molecular weight excluding hydrogens is 380 g/mol. The lowest BCUT2D eigenvalue weighted by molar-refractivity contribution is 0.375. The minimum atomic E-state index is 0.368. The first-order chi connectivity index (χ1) is 12.8. The third-order valence-electron chi connectivity index (χ3n) is 4.63. The largest absolute Gasteiger partial charge is 0.362 e. The molecule has 3 N–H and O–H groups in total. The molecule has 26 heavy (non-hydrogen) atoms. The summed E-state index contributed by atoms with van der Waals surface area (Å²) in [4.78, 5) is 3.69. The van der Waals surface area contributed by atoms with Crippen LogP contribution in [0.5, 0.6) is 0 Å². The smallest absolute Gasteiger partial charge is 0.128 e. The van der Waals surface area contributed by atoms with Gasteiger partial charge in [0.25, 0.3) is 0 Å². The van der Waals surface area contributed by atoms with Gasteiger partial charge in [-0.15, -0.1) is 35.3 Å². The van der Waals surface area contributed by atoms with E-state index in [2.05, 4.69) is 70.4 Å². The number of benzene rings is 1. The fraction of sp³-hybridized carbons (Fsp3) is 0.474. The Balaban J connectivity index is 1.25. The molecule has 2 fully saturated rings. The first-order valence-corrected chi connectivity index (χ1v) is 12.1. The van der Waals surface area contributed by atoms with Gasteiger partial charge in [-0.25, -0.2) is 0 Å². The molecule has 4 rings (SSSR count). The van der Waals surface area contributed by atoms with Crippen molar-refractivity contribution >= 4 is 41.0 Å². The number of thioether (sulfide) groups is 3. The molecule has 1 aliphatic carbocycles. The van der Waals surface area contributed by atoms with E-state index in [1.807, 2.05) is 35.3 Å². The molecule has 0 aromatic heterocycles. The summed E-state index contributed by atoms with van der Waals surface area (Å²) in [7, 11) is 2.18. The van der Waals surface area contributed by atoms with Crippen molar-refractivity contribution in [3.8, 4) is 0 Å². The normalized spacial score (nSPS) is 29.0. The first-order valence-electron chi connectivity index (χ1n) is 9.11. The quantitative estimate of drug-likeness (QED) is 0.667. The van der Waals surface area contributed by atoms with Crippen LogP contribution >= 0.6 is 35.3 Å². The van der Waals surface area contributed by atoms with Crippen LogP contribution in [-0.4, -0.2) is 52.8 Å². The van der Waals surface area contributed by atoms with Gasteiger partial charge in [0.15, 0.2) is 0 Å². The van der Waals surface area contributed by atoms with Crippen LogP contribution in [0.15, 0.2) is 53.1 Å². The number of rotatable bonds is 6. The van der Waals surface area contributed by atoms with Crippen molar-refractivity contribution in [2.75, 3.05) is 37.0 Å². The Morgan fingerprint density at radius 3 is 2.69 bits per heavy atom. The topological polar surface area (TPSA) is 39.3 Å². The highest BCUT2D eigenvalue weighted by Crippen LogP contribution is 2.31. The SMILES string of the molecule is CN1CCSC1Nc1ccc(SC2C=CC(NC3NCCS3)=CC2)cc1. The van der Waals surface area contributed by atoms with E-state index in [0.717, 1.165) is 19.5 Å². The Morgan fingerprint density at radius 1 is 1.15 bits per heavy atom. The molecule has 0 amide bonds. The minimum absolute atomic E-state index is 0.368. The summed E-state index contributed by atoms with van der Waals surface area (Å²) < 4.78 is 0. The number of nitrogens with one attached hydrogen (secondary N) is 3. The van der Waals surface area contributed by atoms with Crippen molar-refractivity contribution < 1.29 is 0 Å². The molecule has 1 aromatic rings. The lowest BCUT2D eigenvalue weighted by Crippen LogP contribution is -2.34. The zero-order valence-corrected chi connectivity index (χ0v) is 17.4. The maximum Gasteiger partial charge on any atom is 0.128 e. The van der Waals surface area contributed by atoms with Gasteiger partial charge in [0.05, 0.1) is 0 Å². The Labute approximate surface area is 169 Å². The molecule has 3 unspecified atom stereocenters. The second-order valence-electron chi connectivity index (χ2n) is 6.63. The molecule has 2 aliphatic heterocycles. The molecule has 0 spiro atoms. The van der Waals surface area contributed by atoms with Crippen LogP contribution in [-0.2, 0) is 0 Å². The molecule has 3 atom stereocenters. The fourth-order valence-electron chi connectivity index (χ4n) is 3.12. The molecule has 2 saturated heterocycles. The van der Waals surface area contributed by atoms with Gasteiger partial charge in [0, 0.05) is 46.1 Å². The highest BCUT2D eigenvalue weighted by atomic mass is 32.2. The number of nitrogens with zero attached hydrogens (tertiary/aromatic N) is 1. The third-order valence-corrected chi connectivity index (χ3v) is 8.09. The van der Waals surface area contributed by atoms with E-state index in [-0.39, 0.29) is 0 Å². The van der Waals surface area contributed by atoms with Crippen LogP contribution in [0.3, 0.4) is 0 Å². The summed E-state index contributed by atoms with van der Waals surface area (Å²) in [6.45, 7) is 2.25. The van der Waals surface area contributed by atoms with Gasteiger partial charge in [0.2, 0.25) is 0 Å². The van der Waals surface area contributed by atoms with Gasteiger partial charge in [-0.05, 0) is 43.8 Å². The molecule has 0 saturated carbocycles. The summed E-state index contributed by atoms with van der Waals surface area (Å²) in [5.74, 6) is 2.39. The first kappa shape index (κ1) is 18.6. The Morgan fingerprint density at radius 2 is 2.04 bits per heavy atom. The van der Waals surface area contributed by atoms with Crippen LogP contribution in [0, 0.1) is 0 Å². The van der Waals surface area contributed by atoms with Gasteiger partial charge in [-0.2, -0.15) is 0 Å². The third kappa shape index (κ3) is 4.95. The molecule has 0 radical (unpaired) electrons. The Kier molecular flexibility index (Phi) is 6.43. The van der Waals surface area contributed by atoms with E-state index in [4.69, 9.17) is 0 Å². The monoisotopic (exact) mass is 406 g/mol. The van der Waals surface area contributed by atoms with Gasteiger partial charge in [-0.3, -0.25) is 10.2 Å². The van der Waals surface area contributed by atoms with Gasteiger partial charge < -0.3 is 10.6 Å². The summed E-state index contributed by atoms with van der Waals surface area (Å²) >= 11 is 5.85. The molecule has 3 aliphatic rings. The second-order valence-corrected chi connectivity index (χ2v) is 10.3. The van der Waals surface area contributed by atoms with E-state index < -0.39 is 0 Å². The van der Waals surface area contributed by atoms with Gasteiger partial charge in [-0.1, -0.05) is 12.2 Å². The van der Waals surface area contributed by atoms with Crippen LogP contribution < -0.4 is 16.0 Å². The number of hydrogen-bond acceptors (Lipinski definition) is 7. The van der Waals surface area contributed by atoms with Gasteiger partial charge >= 0.3 is 0 Å². The zero-order chi connectivity index (χ0) is 17.8. The highest BCUT2D eigenvalue weighted by molar-refractivity contribution is 8.00. The molecule has 1 aromatic carbocycles. The summed E-state index contributed by atoms with van der Waals surface area (Å²) in [5, 5.41) is 11.1. The second kappa shape index (κ2) is 8.97. The number of allylic oxidation sites excluding steroid dienone is 2. The lowest BCUT2D eigenvalue weighted by atomic mass is 10.1. The molecule has 4 nitrogen and oxygen atoms in total. The van der Waals surface area contributed by atoms with E-state index in [0.29, 0.717) is 16.2 Å². The van der Waals surface area contributed by atoms with E-state index >= 15 is 0 Å². The predicted molar refractivity (Wildman–Crippen MR) is 118 cm³/mol. The van der Waals surface area contributed by atoms with Crippen LogP contribution in [0.2, 0.25) is 0 Å². The highest BCUT2D eigenvalue weighted by Gasteiger charge is 2.21. The molecule has 7 heteroatoms. The Bertz CT molecular complexity index is 655. The van der Waals surface area contributed by atoms with E-state index in [1.165, 1.54) is 27.8 Å². The Hall–Kier alpha value is -0.730. The van der Waals surface area contributed by atoms with Gasteiger partial charge in [0.1, 0.15) is 11.0 Å². The van der Waals surface area contributed by atoms with Crippen LogP contribution in [0.1, 0.15) is 6.42 Å². The molecule has 0 bridgehead atoms. The maximum atomic E-state index is 3.60. The summed E-state index contributed by atoms with van der Waals surface area (Å²) in [6.07, 6.45) is 7.94. The van der Waals surface area contributed by atoms with Crippen molar-refractivity contribution in [3.05, 3.63) is 48.2 Å². The number of anilines is 1. The molecular formula is C19H26N4S3. The number of hydrogen-bond donors (Lipinski definition) is 3. The molecule has 140 valence electrons. The van der Waals surface area contributed by atoms with Crippen molar-refractivity contribution in [3.63, 3.8) is 0 Å². The lowest BCUT2D eigenvalue weighted by Gasteiger charge is -2.21. The van der Waals surface area contributed by atoms with Crippen LogP contribution in [0.4, 0.5) is 5.69 Å². The maximum absolute atomic E-state index is 3.60. The van der Waals surface area contributed by atoms with E-state index in [1.54, 1.807) is 0 Å². The summed E-state index contributed by atoms with van der Waals surface area (Å²) in [5.41, 5.74) is 3.21. The average Bonchev–Trinajstić information content (AvgIpc) is 3.31. The summed E-state index contributed by atoms with van der Waals surface area (Å²) in [6, 6.07) is 8.87. The van der Waals surface area contributed by atoms with Crippen molar-refractivity contribution in [1.82, 2.24) is 15.5 Å². The molecule has 2 heterocycles. The minimum Gasteiger partial charge on any atom is -0.362 e.